The zero-order chi connectivity index (χ0) is 29.2. The van der Waals surface area contributed by atoms with Crippen LogP contribution in [0.3, 0.4) is 0 Å². The van der Waals surface area contributed by atoms with Crippen LogP contribution >= 0.6 is 24.0 Å². The molecule has 0 unspecified atom stereocenters. The third kappa shape index (κ3) is 7.12. The number of hydrogen-bond donors (Lipinski definition) is 1. The Kier molecular flexibility index (Phi) is 9.86. The van der Waals surface area contributed by atoms with E-state index in [0.717, 1.165) is 55.7 Å². The number of fused-ring (bicyclic) bond motifs is 1. The van der Waals surface area contributed by atoms with Crippen molar-refractivity contribution in [1.29, 1.82) is 0 Å². The lowest BCUT2D eigenvalue weighted by atomic mass is 10.0. The normalized spacial score (nSPS) is 16.9. The second-order valence-electron chi connectivity index (χ2n) is 11.3. The maximum absolute atomic E-state index is 15.0. The Morgan fingerprint density at radius 3 is 2.70 bits per heavy atom. The van der Waals surface area contributed by atoms with Crippen molar-refractivity contribution in [2.75, 3.05) is 31.2 Å². The van der Waals surface area contributed by atoms with Crippen LogP contribution in [-0.2, 0) is 13.1 Å². The smallest absolute Gasteiger partial charge is 0.193 e. The van der Waals surface area contributed by atoms with Gasteiger partial charge in [-0.15, -0.1) is 12.4 Å². The predicted octanol–water partition coefficient (Wildman–Crippen LogP) is 5.69. The van der Waals surface area contributed by atoms with E-state index in [1.54, 1.807) is 6.07 Å². The fourth-order valence-corrected chi connectivity index (χ4v) is 6.07. The summed E-state index contributed by atoms with van der Waals surface area (Å²) in [6.07, 6.45) is 9.61. The minimum atomic E-state index is -0.601. The summed E-state index contributed by atoms with van der Waals surface area (Å²) in [5.74, 6) is -0.553. The molecule has 1 aliphatic heterocycles. The van der Waals surface area contributed by atoms with Crippen molar-refractivity contribution in [1.82, 2.24) is 19.4 Å². The van der Waals surface area contributed by atoms with Crippen LogP contribution < -0.4 is 15.1 Å². The highest BCUT2D eigenvalue weighted by atomic mass is 35.5. The van der Waals surface area contributed by atoms with Gasteiger partial charge in [-0.3, -0.25) is 14.7 Å². The van der Waals surface area contributed by atoms with Gasteiger partial charge in [0, 0.05) is 73.4 Å². The van der Waals surface area contributed by atoms with Crippen LogP contribution in [0.2, 0.25) is 5.15 Å². The highest BCUT2D eigenvalue weighted by Crippen LogP contribution is 2.38. The molecule has 11 heteroatoms. The van der Waals surface area contributed by atoms with Gasteiger partial charge >= 0.3 is 0 Å². The second kappa shape index (κ2) is 13.6. The summed E-state index contributed by atoms with van der Waals surface area (Å²) >= 11 is 6.04. The second-order valence-corrected chi connectivity index (χ2v) is 11.7. The van der Waals surface area contributed by atoms with E-state index in [4.69, 9.17) is 21.4 Å². The zero-order valence-electron chi connectivity index (χ0n) is 24.1. The lowest BCUT2D eigenvalue weighted by Gasteiger charge is -2.40. The molecule has 1 aromatic carbocycles. The van der Waals surface area contributed by atoms with Crippen LogP contribution in [0.5, 0.6) is 5.75 Å². The lowest BCUT2D eigenvalue weighted by Crippen LogP contribution is -2.48. The monoisotopic (exact) mass is 627 g/mol. The average molecular weight is 629 g/mol. The summed E-state index contributed by atoms with van der Waals surface area (Å²) < 4.78 is 22.6. The number of hydrogen-bond acceptors (Lipinski definition) is 7. The number of aryl methyl sites for hydroxylation is 1. The minimum absolute atomic E-state index is 0. The predicted molar refractivity (Wildman–Crippen MR) is 169 cm³/mol. The van der Waals surface area contributed by atoms with E-state index in [2.05, 4.69) is 30.4 Å². The van der Waals surface area contributed by atoms with Gasteiger partial charge in [0.2, 0.25) is 0 Å². The van der Waals surface area contributed by atoms with E-state index < -0.39 is 5.82 Å². The Bertz CT molecular complexity index is 1630. The van der Waals surface area contributed by atoms with E-state index in [-0.39, 0.29) is 48.9 Å². The highest BCUT2D eigenvalue weighted by Gasteiger charge is 2.30. The minimum Gasteiger partial charge on any atom is -0.488 e. The van der Waals surface area contributed by atoms with Crippen molar-refractivity contribution in [3.63, 3.8) is 0 Å². The Morgan fingerprint density at radius 1 is 1.14 bits per heavy atom. The van der Waals surface area contributed by atoms with Crippen molar-refractivity contribution in [3.05, 3.63) is 93.0 Å². The van der Waals surface area contributed by atoms with Gasteiger partial charge in [0.05, 0.1) is 24.0 Å². The van der Waals surface area contributed by atoms with Gasteiger partial charge in [-0.1, -0.05) is 11.6 Å². The van der Waals surface area contributed by atoms with Gasteiger partial charge in [-0.25, -0.2) is 9.37 Å². The number of nitrogens with zero attached hydrogens (tertiary/aromatic N) is 5. The molecular weight excluding hydrogens is 592 g/mol. The molecular formula is C32H36Cl2FN5O3. The van der Waals surface area contributed by atoms with E-state index in [1.807, 2.05) is 43.7 Å². The molecule has 4 heterocycles. The molecule has 1 saturated carbocycles. The Morgan fingerprint density at radius 2 is 1.98 bits per heavy atom. The first kappa shape index (κ1) is 31.2. The molecule has 1 atom stereocenters. The number of rotatable bonds is 10. The van der Waals surface area contributed by atoms with Crippen LogP contribution in [0.15, 0.2) is 59.8 Å². The fraction of sp³-hybridized carbons (Fsp3) is 0.406. The van der Waals surface area contributed by atoms with Crippen molar-refractivity contribution >= 4 is 40.6 Å². The van der Waals surface area contributed by atoms with Crippen LogP contribution in [-0.4, -0.2) is 56.9 Å². The molecule has 228 valence electrons. The molecule has 3 aromatic heterocycles. The van der Waals surface area contributed by atoms with Crippen LogP contribution in [0.4, 0.5) is 10.1 Å². The van der Waals surface area contributed by atoms with Crippen molar-refractivity contribution in [2.24, 2.45) is 0 Å². The maximum atomic E-state index is 15.0. The summed E-state index contributed by atoms with van der Waals surface area (Å²) in [4.78, 5) is 27.3. The molecule has 4 aromatic rings. The topological polar surface area (TPSA) is 83.7 Å². The molecule has 0 radical (unpaired) electrons. The molecule has 0 amide bonds. The number of aromatic nitrogens is 3. The molecule has 2 fully saturated rings. The molecule has 6 rings (SSSR count). The quantitative estimate of drug-likeness (QED) is 0.226. The third-order valence-corrected chi connectivity index (χ3v) is 8.38. The highest BCUT2D eigenvalue weighted by molar-refractivity contribution is 6.29. The van der Waals surface area contributed by atoms with Crippen molar-refractivity contribution in [2.45, 2.75) is 57.8 Å². The number of pyridine rings is 3. The standard InChI is InChI=1S/C32H35ClFN5O3.ClH/c1-21-13-22(8-9-35-21)17-38(26-3-2-10-37(20-26)25-6-7-31(33)36-16-25)18-23-19-39(24-4-5-24)29-15-30(42-12-11-40)28(34)14-27(29)32(23)41;/h6-9,13-16,19,24,26,40H,2-5,10-12,17-18,20H2,1H3;1H/t26-;/m0./s1. The number of aliphatic hydroxyl groups is 1. The largest absolute Gasteiger partial charge is 0.488 e. The van der Waals surface area contributed by atoms with Crippen LogP contribution in [0, 0.1) is 12.7 Å². The number of halogens is 3. The van der Waals surface area contributed by atoms with Gasteiger partial charge in [0.1, 0.15) is 11.8 Å². The van der Waals surface area contributed by atoms with Gasteiger partial charge < -0.3 is 19.3 Å². The lowest BCUT2D eigenvalue weighted by molar-refractivity contribution is 0.158. The molecule has 0 spiro atoms. The van der Waals surface area contributed by atoms with Crippen molar-refractivity contribution < 1.29 is 14.2 Å². The van der Waals surface area contributed by atoms with Gasteiger partial charge in [0.15, 0.2) is 17.0 Å². The Labute approximate surface area is 261 Å². The van der Waals surface area contributed by atoms with Crippen LogP contribution in [0.1, 0.15) is 48.5 Å². The van der Waals surface area contributed by atoms with Gasteiger partial charge in [-0.2, -0.15) is 0 Å². The number of anilines is 1. The molecule has 0 bridgehead atoms. The summed E-state index contributed by atoms with van der Waals surface area (Å²) in [5, 5.41) is 9.97. The van der Waals surface area contributed by atoms with Gasteiger partial charge in [-0.05, 0) is 68.5 Å². The maximum Gasteiger partial charge on any atom is 0.193 e. The van der Waals surface area contributed by atoms with Crippen molar-refractivity contribution in [3.8, 4) is 5.75 Å². The number of aliphatic hydroxyl groups excluding tert-OH is 1. The summed E-state index contributed by atoms with van der Waals surface area (Å²) in [6, 6.07) is 11.3. The molecule has 2 aliphatic rings. The van der Waals surface area contributed by atoms with E-state index in [0.29, 0.717) is 34.7 Å². The van der Waals surface area contributed by atoms with E-state index in [1.165, 1.54) is 6.07 Å². The zero-order valence-corrected chi connectivity index (χ0v) is 25.7. The Hall–Kier alpha value is -3.24. The van der Waals surface area contributed by atoms with Gasteiger partial charge in [0.25, 0.3) is 0 Å². The molecule has 1 saturated heterocycles. The number of ether oxygens (including phenoxy) is 1. The molecule has 8 nitrogen and oxygen atoms in total. The Balaban J connectivity index is 0.00000368. The summed E-state index contributed by atoms with van der Waals surface area (Å²) in [7, 11) is 0. The summed E-state index contributed by atoms with van der Waals surface area (Å²) in [6.45, 7) is 4.56. The first-order valence-corrected chi connectivity index (χ1v) is 14.9. The van der Waals surface area contributed by atoms with E-state index in [9.17, 15) is 4.79 Å². The average Bonchev–Trinajstić information content (AvgIpc) is 3.83. The third-order valence-electron chi connectivity index (χ3n) is 8.16. The fourth-order valence-electron chi connectivity index (χ4n) is 5.95. The first-order valence-electron chi connectivity index (χ1n) is 14.5. The number of piperidine rings is 1. The SMILES string of the molecule is Cc1cc(CN(Cc2cn(C3CC3)c3cc(OCCO)c(F)cc3c2=O)[C@H]2CCCN(c3ccc(Cl)nc3)C2)ccn1.Cl. The van der Waals surface area contributed by atoms with E-state index >= 15 is 4.39 Å². The first-order chi connectivity index (χ1) is 20.4. The molecule has 1 N–H and O–H groups in total. The molecule has 43 heavy (non-hydrogen) atoms. The molecule has 1 aliphatic carbocycles. The summed E-state index contributed by atoms with van der Waals surface area (Å²) in [5.41, 5.74) is 4.25. The number of benzene rings is 1. The van der Waals surface area contributed by atoms with Crippen LogP contribution in [0.25, 0.3) is 10.9 Å².